The fraction of sp³-hybridized carbons (Fsp3) is 0.474. The van der Waals surface area contributed by atoms with Gasteiger partial charge in [0.05, 0.1) is 22.5 Å². The summed E-state index contributed by atoms with van der Waals surface area (Å²) in [5, 5.41) is 7.07. The lowest BCUT2D eigenvalue weighted by Crippen LogP contribution is -2.38. The van der Waals surface area contributed by atoms with Crippen LogP contribution in [0.15, 0.2) is 36.7 Å². The van der Waals surface area contributed by atoms with Gasteiger partial charge in [0.2, 0.25) is 0 Å². The molecular formula is C19H24FN3O2. The van der Waals surface area contributed by atoms with E-state index >= 15 is 0 Å². The Morgan fingerprint density at radius 1 is 1.40 bits per heavy atom. The number of hydrogen-bond acceptors (Lipinski definition) is 3. The monoisotopic (exact) mass is 345 g/mol. The minimum Gasteiger partial charge on any atom is -0.369 e. The summed E-state index contributed by atoms with van der Waals surface area (Å²) in [4.78, 5) is 12.7. The van der Waals surface area contributed by atoms with E-state index in [1.54, 1.807) is 29.2 Å². The molecule has 2 heterocycles. The van der Waals surface area contributed by atoms with Crippen molar-refractivity contribution < 1.29 is 13.9 Å². The smallest absolute Gasteiger partial charge is 0.253 e. The van der Waals surface area contributed by atoms with E-state index in [2.05, 4.69) is 24.3 Å². The Labute approximate surface area is 147 Å². The third-order valence-corrected chi connectivity index (χ3v) is 4.72. The molecular weight excluding hydrogens is 321 g/mol. The summed E-state index contributed by atoms with van der Waals surface area (Å²) in [6, 6.07) is 5.88. The van der Waals surface area contributed by atoms with Gasteiger partial charge < -0.3 is 10.1 Å². The zero-order valence-electron chi connectivity index (χ0n) is 15.0. The van der Waals surface area contributed by atoms with E-state index in [9.17, 15) is 9.18 Å². The maximum absolute atomic E-state index is 13.7. The molecule has 1 fully saturated rings. The number of carbonyl (C=O) groups excluding carboxylic acids is 1. The normalized spacial score (nSPS) is 21.2. The van der Waals surface area contributed by atoms with Crippen molar-refractivity contribution in [2.24, 2.45) is 5.92 Å². The summed E-state index contributed by atoms with van der Waals surface area (Å²) in [6.07, 6.45) is 4.20. The molecule has 0 saturated carbocycles. The highest BCUT2D eigenvalue weighted by atomic mass is 19.1. The largest absolute Gasteiger partial charge is 0.369 e. The molecule has 1 aromatic heterocycles. The third kappa shape index (κ3) is 3.74. The Bertz CT molecular complexity index is 769. The molecule has 1 aliphatic rings. The van der Waals surface area contributed by atoms with Crippen LogP contribution in [0.4, 0.5) is 4.39 Å². The van der Waals surface area contributed by atoms with Gasteiger partial charge in [-0.2, -0.15) is 5.10 Å². The van der Waals surface area contributed by atoms with E-state index in [4.69, 9.17) is 4.74 Å². The number of halogens is 1. The second kappa shape index (κ2) is 6.26. The van der Waals surface area contributed by atoms with Crippen LogP contribution < -0.4 is 5.32 Å². The predicted octanol–water partition coefficient (Wildman–Crippen LogP) is 3.33. The van der Waals surface area contributed by atoms with Gasteiger partial charge in [0, 0.05) is 24.9 Å². The van der Waals surface area contributed by atoms with Gasteiger partial charge in [0.1, 0.15) is 5.82 Å². The molecule has 1 aromatic carbocycles. The summed E-state index contributed by atoms with van der Waals surface area (Å²) >= 11 is 0. The molecule has 1 N–H and O–H groups in total. The fourth-order valence-corrected chi connectivity index (χ4v) is 3.61. The number of hydrogen-bond donors (Lipinski definition) is 1. The number of ether oxygens (including phenoxy) is 1. The standard InChI is InChI=1S/C19H24FN3O2/c1-18(2)11-13(19(3,4)25-18)12-21-17(24)15-10-14(20)6-7-16(15)23-9-5-8-22-23/h5-10,13H,11-12H2,1-4H3,(H,21,24). The van der Waals surface area contributed by atoms with Gasteiger partial charge in [-0.15, -0.1) is 0 Å². The van der Waals surface area contributed by atoms with Crippen LogP contribution in [0.25, 0.3) is 5.69 Å². The summed E-state index contributed by atoms with van der Waals surface area (Å²) in [5.41, 5.74) is 0.285. The number of nitrogens with zero attached hydrogens (tertiary/aromatic N) is 2. The van der Waals surface area contributed by atoms with Crippen LogP contribution >= 0.6 is 0 Å². The minimum atomic E-state index is -0.452. The molecule has 1 amide bonds. The third-order valence-electron chi connectivity index (χ3n) is 4.72. The Morgan fingerprint density at radius 3 is 2.76 bits per heavy atom. The molecule has 0 aliphatic carbocycles. The van der Waals surface area contributed by atoms with Crippen molar-refractivity contribution >= 4 is 5.91 Å². The molecule has 1 saturated heterocycles. The Morgan fingerprint density at radius 2 is 2.16 bits per heavy atom. The fourth-order valence-electron chi connectivity index (χ4n) is 3.61. The van der Waals surface area contributed by atoms with Crippen molar-refractivity contribution in [3.05, 3.63) is 48.0 Å². The van der Waals surface area contributed by atoms with E-state index in [1.807, 2.05) is 13.8 Å². The average Bonchev–Trinajstić information content (AvgIpc) is 3.10. The zero-order valence-corrected chi connectivity index (χ0v) is 15.0. The lowest BCUT2D eigenvalue weighted by molar-refractivity contribution is -0.0740. The first-order valence-electron chi connectivity index (χ1n) is 8.46. The molecule has 1 unspecified atom stereocenters. The molecule has 2 aromatic rings. The first-order valence-corrected chi connectivity index (χ1v) is 8.46. The second-order valence-corrected chi connectivity index (χ2v) is 7.69. The molecule has 0 radical (unpaired) electrons. The molecule has 0 bridgehead atoms. The highest BCUT2D eigenvalue weighted by molar-refractivity contribution is 5.97. The van der Waals surface area contributed by atoms with Crippen molar-refractivity contribution in [2.45, 2.75) is 45.3 Å². The molecule has 25 heavy (non-hydrogen) atoms. The van der Waals surface area contributed by atoms with Crippen molar-refractivity contribution in [1.29, 1.82) is 0 Å². The lowest BCUT2D eigenvalue weighted by atomic mass is 9.87. The van der Waals surface area contributed by atoms with Crippen LogP contribution in [0.5, 0.6) is 0 Å². The Kier molecular flexibility index (Phi) is 4.41. The molecule has 3 rings (SSSR count). The van der Waals surface area contributed by atoms with Gasteiger partial charge in [0.15, 0.2) is 0 Å². The Hall–Kier alpha value is -2.21. The van der Waals surface area contributed by atoms with Gasteiger partial charge in [-0.1, -0.05) is 0 Å². The topological polar surface area (TPSA) is 56.2 Å². The van der Waals surface area contributed by atoms with Crippen LogP contribution in [0.3, 0.4) is 0 Å². The number of nitrogens with one attached hydrogen (secondary N) is 1. The van der Waals surface area contributed by atoms with Crippen molar-refractivity contribution in [3.8, 4) is 5.69 Å². The van der Waals surface area contributed by atoms with Crippen molar-refractivity contribution in [2.75, 3.05) is 6.54 Å². The van der Waals surface area contributed by atoms with Crippen LogP contribution in [0.2, 0.25) is 0 Å². The maximum atomic E-state index is 13.7. The van der Waals surface area contributed by atoms with E-state index < -0.39 is 5.82 Å². The Balaban J connectivity index is 1.77. The van der Waals surface area contributed by atoms with Gasteiger partial charge in [-0.05, 0) is 58.4 Å². The maximum Gasteiger partial charge on any atom is 0.253 e. The van der Waals surface area contributed by atoms with E-state index in [1.165, 1.54) is 12.1 Å². The molecule has 5 nitrogen and oxygen atoms in total. The summed E-state index contributed by atoms with van der Waals surface area (Å²) < 4.78 is 21.3. The van der Waals surface area contributed by atoms with Crippen LogP contribution in [0.1, 0.15) is 44.5 Å². The number of carbonyl (C=O) groups is 1. The number of amides is 1. The predicted molar refractivity (Wildman–Crippen MR) is 93.2 cm³/mol. The van der Waals surface area contributed by atoms with Crippen molar-refractivity contribution in [1.82, 2.24) is 15.1 Å². The van der Waals surface area contributed by atoms with Crippen LogP contribution in [-0.2, 0) is 4.74 Å². The van der Waals surface area contributed by atoms with Gasteiger partial charge in [0.25, 0.3) is 5.91 Å². The molecule has 1 atom stereocenters. The minimum absolute atomic E-state index is 0.188. The lowest BCUT2D eigenvalue weighted by Gasteiger charge is -2.27. The molecule has 0 spiro atoms. The summed E-state index contributed by atoms with van der Waals surface area (Å²) in [6.45, 7) is 8.66. The van der Waals surface area contributed by atoms with E-state index in [0.717, 1.165) is 6.42 Å². The van der Waals surface area contributed by atoms with Gasteiger partial charge >= 0.3 is 0 Å². The van der Waals surface area contributed by atoms with E-state index in [-0.39, 0.29) is 28.6 Å². The quantitative estimate of drug-likeness (QED) is 0.925. The average molecular weight is 345 g/mol. The first-order chi connectivity index (χ1) is 11.7. The van der Waals surface area contributed by atoms with E-state index in [0.29, 0.717) is 12.2 Å². The van der Waals surface area contributed by atoms with Gasteiger partial charge in [-0.3, -0.25) is 4.79 Å². The summed E-state index contributed by atoms with van der Waals surface area (Å²) in [5.74, 6) is -0.578. The summed E-state index contributed by atoms with van der Waals surface area (Å²) in [7, 11) is 0. The highest BCUT2D eigenvalue weighted by Crippen LogP contribution is 2.41. The molecule has 134 valence electrons. The van der Waals surface area contributed by atoms with Crippen LogP contribution in [0, 0.1) is 11.7 Å². The first kappa shape index (κ1) is 17.6. The highest BCUT2D eigenvalue weighted by Gasteiger charge is 2.45. The van der Waals surface area contributed by atoms with Crippen molar-refractivity contribution in [3.63, 3.8) is 0 Å². The number of rotatable bonds is 4. The number of aromatic nitrogens is 2. The van der Waals surface area contributed by atoms with Crippen LogP contribution in [-0.4, -0.2) is 33.4 Å². The molecule has 6 heteroatoms. The number of benzene rings is 1. The van der Waals surface area contributed by atoms with Gasteiger partial charge in [-0.25, -0.2) is 9.07 Å². The second-order valence-electron chi connectivity index (χ2n) is 7.69. The molecule has 1 aliphatic heterocycles. The SMILES string of the molecule is CC1(C)CC(CNC(=O)c2cc(F)ccc2-n2cccn2)C(C)(C)O1. The zero-order chi connectivity index (χ0) is 18.2.